The van der Waals surface area contributed by atoms with Crippen molar-refractivity contribution in [1.82, 2.24) is 0 Å². The second kappa shape index (κ2) is 4.29. The third kappa shape index (κ3) is 2.15. The molecular weight excluding hydrogens is 176 g/mol. The van der Waals surface area contributed by atoms with Crippen molar-refractivity contribution in [3.63, 3.8) is 0 Å². The van der Waals surface area contributed by atoms with Crippen molar-refractivity contribution >= 4 is 0 Å². The Bertz CT molecular complexity index is 314. The third-order valence-corrected chi connectivity index (χ3v) is 2.35. The Balaban J connectivity index is 1.99. The molecule has 2 heteroatoms. The molecule has 1 aliphatic heterocycles. The van der Waals surface area contributed by atoms with Crippen LogP contribution in [0.25, 0.3) is 0 Å². The van der Waals surface area contributed by atoms with Crippen molar-refractivity contribution < 1.29 is 9.47 Å². The molecule has 2 rings (SSSR count). The molecule has 1 atom stereocenters. The van der Waals surface area contributed by atoms with Crippen molar-refractivity contribution in [2.45, 2.75) is 12.5 Å². The molecular formula is C12H14O2. The lowest BCUT2D eigenvalue weighted by Gasteiger charge is -2.08. The molecule has 2 nitrogen and oxygen atoms in total. The van der Waals surface area contributed by atoms with E-state index in [0.717, 1.165) is 18.8 Å². The van der Waals surface area contributed by atoms with Crippen LogP contribution in [0.3, 0.4) is 0 Å². The summed E-state index contributed by atoms with van der Waals surface area (Å²) < 4.78 is 10.6. The van der Waals surface area contributed by atoms with Gasteiger partial charge in [0.1, 0.15) is 5.75 Å². The molecule has 0 spiro atoms. The van der Waals surface area contributed by atoms with E-state index in [1.807, 2.05) is 12.1 Å². The predicted octanol–water partition coefficient (Wildman–Crippen LogP) is 2.19. The number of hydrogen-bond acceptors (Lipinski definition) is 2. The molecule has 1 aromatic carbocycles. The van der Waals surface area contributed by atoms with Gasteiger partial charge in [0.05, 0.1) is 19.8 Å². The minimum Gasteiger partial charge on any atom is -0.497 e. The van der Waals surface area contributed by atoms with E-state index in [0.29, 0.717) is 0 Å². The highest BCUT2D eigenvalue weighted by molar-refractivity contribution is 5.28. The Hall–Kier alpha value is -1.28. The zero-order valence-electron chi connectivity index (χ0n) is 8.27. The second-order valence-corrected chi connectivity index (χ2v) is 3.35. The lowest BCUT2D eigenvalue weighted by Crippen LogP contribution is -2.08. The minimum atomic E-state index is 0.253. The van der Waals surface area contributed by atoms with Crippen LogP contribution in [0, 0.1) is 0 Å². The van der Waals surface area contributed by atoms with Gasteiger partial charge in [0.2, 0.25) is 0 Å². The molecule has 0 amide bonds. The maximum absolute atomic E-state index is 5.47. The molecule has 0 saturated heterocycles. The van der Waals surface area contributed by atoms with E-state index >= 15 is 0 Å². The molecule has 1 aliphatic rings. The summed E-state index contributed by atoms with van der Waals surface area (Å²) in [6, 6.07) is 8.12. The highest BCUT2D eigenvalue weighted by Crippen LogP contribution is 2.15. The first-order valence-corrected chi connectivity index (χ1v) is 4.79. The topological polar surface area (TPSA) is 18.5 Å². The summed E-state index contributed by atoms with van der Waals surface area (Å²) in [4.78, 5) is 0. The van der Waals surface area contributed by atoms with Crippen LogP contribution >= 0.6 is 0 Å². The van der Waals surface area contributed by atoms with Gasteiger partial charge in [-0.25, -0.2) is 0 Å². The maximum Gasteiger partial charge on any atom is 0.118 e. The SMILES string of the molecule is COc1ccc(C[C@H]2C=CCO2)cc1. The summed E-state index contributed by atoms with van der Waals surface area (Å²) in [5.41, 5.74) is 1.28. The van der Waals surface area contributed by atoms with Gasteiger partial charge < -0.3 is 9.47 Å². The fraction of sp³-hybridized carbons (Fsp3) is 0.333. The molecule has 0 aliphatic carbocycles. The number of methoxy groups -OCH3 is 1. The van der Waals surface area contributed by atoms with Crippen LogP contribution in [-0.4, -0.2) is 19.8 Å². The quantitative estimate of drug-likeness (QED) is 0.680. The van der Waals surface area contributed by atoms with Gasteiger partial charge in [-0.15, -0.1) is 0 Å². The van der Waals surface area contributed by atoms with E-state index in [1.165, 1.54) is 5.56 Å². The summed E-state index contributed by atoms with van der Waals surface area (Å²) in [6.45, 7) is 0.751. The smallest absolute Gasteiger partial charge is 0.118 e. The zero-order valence-corrected chi connectivity index (χ0v) is 8.27. The minimum absolute atomic E-state index is 0.253. The molecule has 0 fully saturated rings. The Morgan fingerprint density at radius 2 is 2.14 bits per heavy atom. The third-order valence-electron chi connectivity index (χ3n) is 2.35. The first-order valence-electron chi connectivity index (χ1n) is 4.79. The fourth-order valence-corrected chi connectivity index (χ4v) is 1.56. The van der Waals surface area contributed by atoms with Gasteiger partial charge in [-0.3, -0.25) is 0 Å². The summed E-state index contributed by atoms with van der Waals surface area (Å²) >= 11 is 0. The monoisotopic (exact) mass is 190 g/mol. The Morgan fingerprint density at radius 1 is 1.36 bits per heavy atom. The first-order chi connectivity index (χ1) is 6.88. The van der Waals surface area contributed by atoms with Crippen LogP contribution < -0.4 is 4.74 Å². The molecule has 0 saturated carbocycles. The number of benzene rings is 1. The molecule has 0 radical (unpaired) electrons. The molecule has 0 bridgehead atoms. The van der Waals surface area contributed by atoms with Gasteiger partial charge in [0.15, 0.2) is 0 Å². The predicted molar refractivity (Wildman–Crippen MR) is 55.6 cm³/mol. The second-order valence-electron chi connectivity index (χ2n) is 3.35. The van der Waals surface area contributed by atoms with Gasteiger partial charge >= 0.3 is 0 Å². The lowest BCUT2D eigenvalue weighted by atomic mass is 10.1. The zero-order chi connectivity index (χ0) is 9.80. The van der Waals surface area contributed by atoms with Gasteiger partial charge in [0.25, 0.3) is 0 Å². The number of rotatable bonds is 3. The average molecular weight is 190 g/mol. The van der Waals surface area contributed by atoms with E-state index < -0.39 is 0 Å². The maximum atomic E-state index is 5.47. The molecule has 1 heterocycles. The van der Waals surface area contributed by atoms with E-state index in [1.54, 1.807) is 7.11 Å². The normalized spacial score (nSPS) is 19.9. The van der Waals surface area contributed by atoms with Crippen LogP contribution in [0.15, 0.2) is 36.4 Å². The van der Waals surface area contributed by atoms with Crippen molar-refractivity contribution in [2.24, 2.45) is 0 Å². The molecule has 0 N–H and O–H groups in total. The summed E-state index contributed by atoms with van der Waals surface area (Å²) in [5.74, 6) is 0.900. The molecule has 14 heavy (non-hydrogen) atoms. The van der Waals surface area contributed by atoms with Gasteiger partial charge in [0, 0.05) is 6.42 Å². The Labute approximate surface area is 84.2 Å². The summed E-state index contributed by atoms with van der Waals surface area (Å²) in [7, 11) is 1.68. The van der Waals surface area contributed by atoms with Crippen LogP contribution in [0.2, 0.25) is 0 Å². The van der Waals surface area contributed by atoms with Gasteiger partial charge in [-0.2, -0.15) is 0 Å². The number of ether oxygens (including phenoxy) is 2. The summed E-state index contributed by atoms with van der Waals surface area (Å²) in [6.07, 6.45) is 5.38. The molecule has 0 unspecified atom stereocenters. The molecule has 0 aromatic heterocycles. The van der Waals surface area contributed by atoms with Crippen molar-refractivity contribution in [3.8, 4) is 5.75 Å². The first kappa shape index (κ1) is 9.28. The van der Waals surface area contributed by atoms with Crippen LogP contribution in [-0.2, 0) is 11.2 Å². The fourth-order valence-electron chi connectivity index (χ4n) is 1.56. The van der Waals surface area contributed by atoms with E-state index in [4.69, 9.17) is 9.47 Å². The average Bonchev–Trinajstić information content (AvgIpc) is 2.72. The van der Waals surface area contributed by atoms with Crippen LogP contribution in [0.4, 0.5) is 0 Å². The highest BCUT2D eigenvalue weighted by atomic mass is 16.5. The summed E-state index contributed by atoms with van der Waals surface area (Å²) in [5, 5.41) is 0. The highest BCUT2D eigenvalue weighted by Gasteiger charge is 2.09. The Morgan fingerprint density at radius 3 is 2.71 bits per heavy atom. The van der Waals surface area contributed by atoms with E-state index in [2.05, 4.69) is 24.3 Å². The van der Waals surface area contributed by atoms with Crippen LogP contribution in [0.5, 0.6) is 5.75 Å². The van der Waals surface area contributed by atoms with Crippen molar-refractivity contribution in [3.05, 3.63) is 42.0 Å². The van der Waals surface area contributed by atoms with Gasteiger partial charge in [-0.05, 0) is 17.7 Å². The largest absolute Gasteiger partial charge is 0.497 e. The standard InChI is InChI=1S/C12H14O2/c1-13-11-6-4-10(5-7-11)9-12-3-2-8-14-12/h2-7,12H,8-9H2,1H3/t12-/m1/s1. The van der Waals surface area contributed by atoms with Crippen molar-refractivity contribution in [2.75, 3.05) is 13.7 Å². The number of hydrogen-bond donors (Lipinski definition) is 0. The van der Waals surface area contributed by atoms with E-state index in [9.17, 15) is 0 Å². The Kier molecular flexibility index (Phi) is 2.84. The van der Waals surface area contributed by atoms with Crippen molar-refractivity contribution in [1.29, 1.82) is 0 Å². The molecule has 1 aromatic rings. The lowest BCUT2D eigenvalue weighted by molar-refractivity contribution is 0.128. The van der Waals surface area contributed by atoms with Gasteiger partial charge in [-0.1, -0.05) is 24.3 Å². The molecule has 74 valence electrons. The van der Waals surface area contributed by atoms with E-state index in [-0.39, 0.29) is 6.10 Å². The van der Waals surface area contributed by atoms with Crippen LogP contribution in [0.1, 0.15) is 5.56 Å².